The summed E-state index contributed by atoms with van der Waals surface area (Å²) in [5.74, 6) is 1.72. The minimum Gasteiger partial charge on any atom is -0.503 e. The minimum atomic E-state index is 0.242. The fourth-order valence-corrected chi connectivity index (χ4v) is 1.66. The van der Waals surface area contributed by atoms with Gasteiger partial charge in [-0.25, -0.2) is 0 Å². The van der Waals surface area contributed by atoms with Crippen molar-refractivity contribution in [1.82, 2.24) is 0 Å². The molecule has 0 atom stereocenters. The number of phenolic OH excluding ortho intramolecular Hbond substituents is 1. The van der Waals surface area contributed by atoms with E-state index in [0.29, 0.717) is 5.75 Å². The third kappa shape index (κ3) is 1.85. The zero-order chi connectivity index (χ0) is 8.97. The number of thioether (sulfide) groups is 1. The number of rotatable bonds is 3. The second kappa shape index (κ2) is 4.26. The van der Waals surface area contributed by atoms with E-state index < -0.39 is 0 Å². The van der Waals surface area contributed by atoms with Crippen molar-refractivity contribution in [2.75, 3.05) is 12.9 Å². The molecule has 1 aromatic rings. The Labute approximate surface area is 76.6 Å². The lowest BCUT2D eigenvalue weighted by Crippen LogP contribution is -1.84. The van der Waals surface area contributed by atoms with Gasteiger partial charge in [-0.15, -0.1) is 11.8 Å². The van der Waals surface area contributed by atoms with E-state index in [-0.39, 0.29) is 5.75 Å². The molecule has 0 aliphatic carbocycles. The molecule has 0 spiro atoms. The van der Waals surface area contributed by atoms with Gasteiger partial charge in [0.25, 0.3) is 0 Å². The second-order valence-corrected chi connectivity index (χ2v) is 3.55. The van der Waals surface area contributed by atoms with Crippen molar-refractivity contribution in [3.63, 3.8) is 0 Å². The first-order chi connectivity index (χ1) is 5.79. The molecule has 0 amide bonds. The smallest absolute Gasteiger partial charge is 0.171 e. The van der Waals surface area contributed by atoms with Crippen LogP contribution in [-0.4, -0.2) is 18.0 Å². The van der Waals surface area contributed by atoms with Crippen LogP contribution in [0.3, 0.4) is 0 Å². The molecular formula is C9H12O2S. The molecule has 0 aromatic heterocycles. The molecular weight excluding hydrogens is 172 g/mol. The topological polar surface area (TPSA) is 29.5 Å². The lowest BCUT2D eigenvalue weighted by atomic mass is 10.3. The summed E-state index contributed by atoms with van der Waals surface area (Å²) in [7, 11) is 1.55. The van der Waals surface area contributed by atoms with E-state index in [1.165, 1.54) is 0 Å². The highest BCUT2D eigenvalue weighted by molar-refractivity contribution is 7.99. The Morgan fingerprint density at radius 1 is 1.50 bits per heavy atom. The lowest BCUT2D eigenvalue weighted by molar-refractivity contribution is 0.367. The van der Waals surface area contributed by atoms with Crippen LogP contribution in [0.5, 0.6) is 11.5 Å². The highest BCUT2D eigenvalue weighted by Crippen LogP contribution is 2.35. The van der Waals surface area contributed by atoms with Crippen LogP contribution < -0.4 is 4.74 Å². The molecule has 0 saturated carbocycles. The van der Waals surface area contributed by atoms with Gasteiger partial charge in [0.15, 0.2) is 11.5 Å². The van der Waals surface area contributed by atoms with Crippen molar-refractivity contribution in [3.8, 4) is 11.5 Å². The summed E-state index contributed by atoms with van der Waals surface area (Å²) in [6, 6.07) is 5.50. The zero-order valence-corrected chi connectivity index (χ0v) is 8.02. The molecule has 66 valence electrons. The van der Waals surface area contributed by atoms with Crippen LogP contribution in [-0.2, 0) is 0 Å². The van der Waals surface area contributed by atoms with Crippen LogP contribution in [0, 0.1) is 0 Å². The third-order valence-corrected chi connectivity index (χ3v) is 2.41. The van der Waals surface area contributed by atoms with E-state index in [9.17, 15) is 5.11 Å². The molecule has 1 rings (SSSR count). The van der Waals surface area contributed by atoms with Crippen molar-refractivity contribution in [1.29, 1.82) is 0 Å². The first-order valence-corrected chi connectivity index (χ1v) is 4.77. The van der Waals surface area contributed by atoms with Crippen LogP contribution in [0.1, 0.15) is 6.92 Å². The average Bonchev–Trinajstić information content (AvgIpc) is 2.09. The van der Waals surface area contributed by atoms with E-state index in [1.54, 1.807) is 24.9 Å². The first-order valence-electron chi connectivity index (χ1n) is 3.78. The number of methoxy groups -OCH3 is 1. The normalized spacial score (nSPS) is 9.83. The van der Waals surface area contributed by atoms with Gasteiger partial charge in [0, 0.05) is 0 Å². The van der Waals surface area contributed by atoms with Gasteiger partial charge in [-0.05, 0) is 17.9 Å². The van der Waals surface area contributed by atoms with Crippen LogP contribution in [0.2, 0.25) is 0 Å². The van der Waals surface area contributed by atoms with Crippen molar-refractivity contribution in [2.24, 2.45) is 0 Å². The van der Waals surface area contributed by atoms with E-state index in [0.717, 1.165) is 10.6 Å². The van der Waals surface area contributed by atoms with Gasteiger partial charge in [-0.1, -0.05) is 13.0 Å². The molecule has 2 nitrogen and oxygen atoms in total. The molecule has 1 aromatic carbocycles. The lowest BCUT2D eigenvalue weighted by Gasteiger charge is -2.06. The van der Waals surface area contributed by atoms with E-state index >= 15 is 0 Å². The second-order valence-electron chi connectivity index (χ2n) is 2.24. The summed E-state index contributed by atoms with van der Waals surface area (Å²) in [6.45, 7) is 2.05. The Morgan fingerprint density at radius 2 is 2.25 bits per heavy atom. The van der Waals surface area contributed by atoms with Gasteiger partial charge in [0.05, 0.1) is 12.0 Å². The number of hydrogen-bond acceptors (Lipinski definition) is 3. The summed E-state index contributed by atoms with van der Waals surface area (Å²) in [5.41, 5.74) is 0. The highest BCUT2D eigenvalue weighted by atomic mass is 32.2. The molecule has 0 saturated heterocycles. The number of para-hydroxylation sites is 1. The number of hydrogen-bond donors (Lipinski definition) is 1. The van der Waals surface area contributed by atoms with Crippen molar-refractivity contribution < 1.29 is 9.84 Å². The van der Waals surface area contributed by atoms with Gasteiger partial charge >= 0.3 is 0 Å². The fraction of sp³-hybridized carbons (Fsp3) is 0.333. The fourth-order valence-electron chi connectivity index (χ4n) is 0.939. The Hall–Kier alpha value is -0.830. The van der Waals surface area contributed by atoms with Crippen molar-refractivity contribution >= 4 is 11.8 Å². The molecule has 0 aliphatic rings. The first kappa shape index (κ1) is 9.26. The number of benzene rings is 1. The molecule has 12 heavy (non-hydrogen) atoms. The Bertz CT molecular complexity index is 261. The van der Waals surface area contributed by atoms with Crippen molar-refractivity contribution in [2.45, 2.75) is 11.8 Å². The molecule has 0 bridgehead atoms. The molecule has 0 aliphatic heterocycles. The maximum atomic E-state index is 9.57. The van der Waals surface area contributed by atoms with Crippen molar-refractivity contribution in [3.05, 3.63) is 18.2 Å². The van der Waals surface area contributed by atoms with Crippen LogP contribution >= 0.6 is 11.8 Å². The predicted octanol–water partition coefficient (Wildman–Crippen LogP) is 2.51. The Kier molecular flexibility index (Phi) is 3.29. The van der Waals surface area contributed by atoms with E-state index in [4.69, 9.17) is 4.74 Å². The summed E-state index contributed by atoms with van der Waals surface area (Å²) < 4.78 is 4.97. The number of ether oxygens (including phenoxy) is 1. The zero-order valence-electron chi connectivity index (χ0n) is 7.20. The summed E-state index contributed by atoms with van der Waals surface area (Å²) in [5, 5.41) is 9.57. The van der Waals surface area contributed by atoms with Gasteiger partial charge in [-0.2, -0.15) is 0 Å². The maximum Gasteiger partial charge on any atom is 0.171 e. The van der Waals surface area contributed by atoms with Gasteiger partial charge in [-0.3, -0.25) is 0 Å². The quantitative estimate of drug-likeness (QED) is 0.732. The summed E-state index contributed by atoms with van der Waals surface area (Å²) in [4.78, 5) is 0.872. The Morgan fingerprint density at radius 3 is 2.83 bits per heavy atom. The summed E-state index contributed by atoms with van der Waals surface area (Å²) >= 11 is 1.60. The third-order valence-electron chi connectivity index (χ3n) is 1.48. The predicted molar refractivity (Wildman–Crippen MR) is 51.1 cm³/mol. The largest absolute Gasteiger partial charge is 0.503 e. The molecule has 3 heteroatoms. The van der Waals surface area contributed by atoms with Gasteiger partial charge in [0.1, 0.15) is 0 Å². The van der Waals surface area contributed by atoms with Gasteiger partial charge in [0.2, 0.25) is 0 Å². The number of aromatic hydroxyl groups is 1. The molecule has 1 N–H and O–H groups in total. The van der Waals surface area contributed by atoms with E-state index in [1.807, 2.05) is 19.1 Å². The highest BCUT2D eigenvalue weighted by Gasteiger charge is 2.05. The molecule has 0 heterocycles. The molecule has 0 unspecified atom stereocenters. The SMILES string of the molecule is CCSc1cccc(OC)c1O. The minimum absolute atomic E-state index is 0.242. The molecule has 0 fully saturated rings. The van der Waals surface area contributed by atoms with E-state index in [2.05, 4.69) is 0 Å². The van der Waals surface area contributed by atoms with Crippen LogP contribution in [0.25, 0.3) is 0 Å². The Balaban J connectivity index is 2.97. The summed E-state index contributed by atoms with van der Waals surface area (Å²) in [6.07, 6.45) is 0. The average molecular weight is 184 g/mol. The monoisotopic (exact) mass is 184 g/mol. The van der Waals surface area contributed by atoms with Gasteiger partial charge < -0.3 is 9.84 Å². The molecule has 0 radical (unpaired) electrons. The van der Waals surface area contributed by atoms with Crippen LogP contribution in [0.15, 0.2) is 23.1 Å². The standard InChI is InChI=1S/C9H12O2S/c1-3-12-8-6-4-5-7(11-2)9(8)10/h4-6,10H,3H2,1-2H3. The maximum absolute atomic E-state index is 9.57. The number of phenols is 1. The van der Waals surface area contributed by atoms with Crippen LogP contribution in [0.4, 0.5) is 0 Å².